The molecule has 3 aliphatic rings. The molecule has 2 aromatic heterocycles. The number of hydrogen-bond acceptors (Lipinski definition) is 10. The zero-order chi connectivity index (χ0) is 48.4. The number of fused-ring (bicyclic) bond motifs is 2. The van der Waals surface area contributed by atoms with Crippen molar-refractivity contribution in [3.8, 4) is 34.5 Å². The second-order valence-corrected chi connectivity index (χ2v) is 25.9. The van der Waals surface area contributed by atoms with Crippen molar-refractivity contribution in [2.24, 2.45) is 5.41 Å². The maximum Gasteiger partial charge on any atom is 0.526 e. The van der Waals surface area contributed by atoms with Gasteiger partial charge in [-0.05, 0) is 93.1 Å². The van der Waals surface area contributed by atoms with Crippen LogP contribution in [0.1, 0.15) is 100.0 Å². The minimum Gasteiger partial charge on any atom is -0.468 e. The molecule has 0 spiro atoms. The number of benzene rings is 2. The maximum atomic E-state index is 18.0. The summed E-state index contributed by atoms with van der Waals surface area (Å²) in [6, 6.07) is 6.27. The molecular weight excluding hydrogens is 883 g/mol. The molecule has 4 heterocycles. The zero-order valence-corrected chi connectivity index (χ0v) is 41.7. The van der Waals surface area contributed by atoms with E-state index < -0.39 is 37.6 Å². The highest BCUT2D eigenvalue weighted by Gasteiger charge is 2.46. The summed E-state index contributed by atoms with van der Waals surface area (Å²) in [6.45, 7) is 21.4. The highest BCUT2D eigenvalue weighted by molar-refractivity contribution is 6.90. The van der Waals surface area contributed by atoms with Crippen molar-refractivity contribution < 1.29 is 45.9 Å². The van der Waals surface area contributed by atoms with Gasteiger partial charge in [-0.25, -0.2) is 18.6 Å². The lowest BCUT2D eigenvalue weighted by atomic mass is 9.95. The van der Waals surface area contributed by atoms with Gasteiger partial charge < -0.3 is 18.9 Å². The van der Waals surface area contributed by atoms with Crippen LogP contribution in [0.15, 0.2) is 30.5 Å². The highest BCUT2D eigenvalue weighted by Crippen LogP contribution is 2.47. The van der Waals surface area contributed by atoms with Crippen molar-refractivity contribution in [3.05, 3.63) is 47.7 Å². The van der Waals surface area contributed by atoms with Gasteiger partial charge in [0, 0.05) is 49.3 Å². The molecule has 17 heteroatoms. The number of piperazine rings is 1. The summed E-state index contributed by atoms with van der Waals surface area (Å²) < 4.78 is 85.6. The first-order valence-electron chi connectivity index (χ1n) is 23.6. The molecule has 362 valence electrons. The number of hydrazine groups is 1. The number of anilines is 1. The van der Waals surface area contributed by atoms with E-state index in [0.29, 0.717) is 62.1 Å². The molecule has 3 fully saturated rings. The lowest BCUT2D eigenvalue weighted by molar-refractivity contribution is -0.550. The molecule has 1 aliphatic carbocycles. The molecule has 2 aliphatic heterocycles. The van der Waals surface area contributed by atoms with Crippen molar-refractivity contribution >= 4 is 47.9 Å². The van der Waals surface area contributed by atoms with Gasteiger partial charge in [0.1, 0.15) is 36.5 Å². The Balaban J connectivity index is 1.40. The molecule has 12 nitrogen and oxygen atoms in total. The minimum atomic E-state index is -2.35. The Labute approximate surface area is 393 Å². The molecule has 0 atom stereocenters. The average Bonchev–Trinajstić information content (AvgIpc) is 4.08. The number of amides is 1. The molecule has 67 heavy (non-hydrogen) atoms. The number of ether oxygens (including phenoxy) is 4. The van der Waals surface area contributed by atoms with Gasteiger partial charge in [-0.15, -0.1) is 14.3 Å². The highest BCUT2D eigenvalue weighted by atomic mass is 28.3. The first-order valence-corrected chi connectivity index (χ1v) is 25.8. The van der Waals surface area contributed by atoms with Crippen LogP contribution in [0.2, 0.25) is 16.6 Å². The monoisotopic (exact) mass is 948 g/mol. The van der Waals surface area contributed by atoms with Gasteiger partial charge >= 0.3 is 18.3 Å². The number of nitrogens with zero attached hydrogens (tertiary/aromatic N) is 7. The Morgan fingerprint density at radius 3 is 2.24 bits per heavy atom. The Kier molecular flexibility index (Phi) is 15.1. The van der Waals surface area contributed by atoms with E-state index in [1.54, 1.807) is 44.0 Å². The molecule has 2 saturated heterocycles. The Morgan fingerprint density at radius 2 is 1.61 bits per heavy atom. The fourth-order valence-electron chi connectivity index (χ4n) is 9.96. The number of rotatable bonds is 13. The van der Waals surface area contributed by atoms with E-state index in [1.807, 2.05) is 0 Å². The van der Waals surface area contributed by atoms with Crippen molar-refractivity contribution in [2.75, 3.05) is 71.3 Å². The Hall–Kier alpha value is -5.05. The molecule has 0 unspecified atom stereocenters. The summed E-state index contributed by atoms with van der Waals surface area (Å²) in [5, 5.41) is 4.37. The predicted molar refractivity (Wildman–Crippen MR) is 256 cm³/mol. The summed E-state index contributed by atoms with van der Waals surface area (Å²) in [6.07, 6.45) is 3.18. The second kappa shape index (κ2) is 20.3. The quantitative estimate of drug-likeness (QED) is 0.0423. The minimum absolute atomic E-state index is 0.0918. The van der Waals surface area contributed by atoms with E-state index in [2.05, 4.69) is 57.9 Å². The first-order chi connectivity index (χ1) is 31.8. The summed E-state index contributed by atoms with van der Waals surface area (Å²) in [5.74, 6) is 2.53. The normalized spacial score (nSPS) is 17.0. The number of aromatic nitrogens is 3. The fraction of sp³-hybridized carbons (Fsp3) is 0.580. The zero-order valence-electron chi connectivity index (χ0n) is 40.7. The molecule has 1 saturated carbocycles. The van der Waals surface area contributed by atoms with Crippen molar-refractivity contribution in [1.29, 1.82) is 0 Å². The van der Waals surface area contributed by atoms with Crippen molar-refractivity contribution in [2.45, 2.75) is 117 Å². The smallest absolute Gasteiger partial charge is 0.468 e. The maximum absolute atomic E-state index is 18.0. The van der Waals surface area contributed by atoms with Crippen LogP contribution in [0, 0.1) is 28.5 Å². The standard InChI is InChI=1S/C50H66F4N7O5Si/c1-32(2)67(33(3)4,34(5)6)25-16-37-40(51)15-14-35-26-36(65-31-63-10)27-38(41(35)37)43-42(52)44-39(28-55-43)45(60-19-12-11-13-20-61(60)48(62)66-49(7,8)9)57-47(56-44)64-30-50(17-18-50)29-58-21-23-59(24-22-58)46(53)54/h14-15,26-28,32-34H,11-13,17-24,29-31H2,1-10H3/q+1. The third kappa shape index (κ3) is 10.8. The lowest BCUT2D eigenvalue weighted by Crippen LogP contribution is -2.49. The summed E-state index contributed by atoms with van der Waals surface area (Å²) in [5.41, 5.74) is 3.59. The molecular formula is C50H66F4N7O5Si+. The van der Waals surface area contributed by atoms with E-state index in [9.17, 15) is 13.6 Å². The molecule has 1 amide bonds. The summed E-state index contributed by atoms with van der Waals surface area (Å²) in [7, 11) is -0.858. The predicted octanol–water partition coefficient (Wildman–Crippen LogP) is 10.6. The van der Waals surface area contributed by atoms with Crippen LogP contribution in [0.25, 0.3) is 32.9 Å². The fourth-order valence-corrected chi connectivity index (χ4v) is 15.2. The molecule has 0 bridgehead atoms. The number of hydrogen-bond donors (Lipinski definition) is 0. The van der Waals surface area contributed by atoms with E-state index in [0.717, 1.165) is 23.8 Å². The van der Waals surface area contributed by atoms with Gasteiger partial charge in [0.15, 0.2) is 31.5 Å². The van der Waals surface area contributed by atoms with Crippen LogP contribution in [0.4, 0.5) is 28.2 Å². The van der Waals surface area contributed by atoms with Gasteiger partial charge in [-0.3, -0.25) is 14.9 Å². The number of carbonyl (C=O) groups is 1. The van der Waals surface area contributed by atoms with E-state index in [-0.39, 0.29) is 88.1 Å². The average molecular weight is 949 g/mol. The lowest BCUT2D eigenvalue weighted by Gasteiger charge is -2.38. The third-order valence-corrected chi connectivity index (χ3v) is 19.9. The molecule has 0 N–H and O–H groups in total. The number of carbonyl (C=O) groups excluding carboxylic acids is 1. The Morgan fingerprint density at radius 1 is 0.925 bits per heavy atom. The second-order valence-electron chi connectivity index (χ2n) is 20.3. The SMILES string of the molecule is COCOc1cc(-c2ncc3c(N4CCCCCN4C(=O)OC(C)(C)C)nc(OCC4(CN5CC[N+](=C(F)F)CC5)CC4)nc3c2F)c2c(C#C[Si](C(C)C)(C(C)C)C(C)C)c(F)ccc2c1. The van der Waals surface area contributed by atoms with Crippen molar-refractivity contribution in [3.63, 3.8) is 0 Å². The first kappa shape index (κ1) is 49.8. The van der Waals surface area contributed by atoms with Crippen LogP contribution in [-0.4, -0.2) is 122 Å². The largest absolute Gasteiger partial charge is 0.526 e. The molecule has 4 aromatic rings. The van der Waals surface area contributed by atoms with Gasteiger partial charge in [0.05, 0.1) is 30.6 Å². The summed E-state index contributed by atoms with van der Waals surface area (Å²) in [4.78, 5) is 30.5. The number of methoxy groups -OCH3 is 1. The third-order valence-electron chi connectivity index (χ3n) is 13.6. The van der Waals surface area contributed by atoms with Gasteiger partial charge in [-0.1, -0.05) is 53.5 Å². The van der Waals surface area contributed by atoms with Crippen LogP contribution < -0.4 is 14.5 Å². The van der Waals surface area contributed by atoms with Crippen LogP contribution in [0.5, 0.6) is 11.8 Å². The van der Waals surface area contributed by atoms with Crippen LogP contribution in [-0.2, 0) is 9.47 Å². The van der Waals surface area contributed by atoms with Crippen LogP contribution >= 0.6 is 0 Å². The molecule has 2 aromatic carbocycles. The van der Waals surface area contributed by atoms with Gasteiger partial charge in [0.2, 0.25) is 0 Å². The van der Waals surface area contributed by atoms with E-state index in [4.69, 9.17) is 33.9 Å². The van der Waals surface area contributed by atoms with Gasteiger partial charge in [-0.2, -0.15) is 14.5 Å². The van der Waals surface area contributed by atoms with Gasteiger partial charge in [0.25, 0.3) is 0 Å². The van der Waals surface area contributed by atoms with E-state index in [1.165, 1.54) is 24.4 Å². The Bertz CT molecular complexity index is 2540. The number of pyridine rings is 1. The van der Waals surface area contributed by atoms with Crippen LogP contribution in [0.3, 0.4) is 0 Å². The van der Waals surface area contributed by atoms with E-state index >= 15 is 8.78 Å². The topological polar surface area (TPSA) is 105 Å². The van der Waals surface area contributed by atoms with Crippen molar-refractivity contribution in [1.82, 2.24) is 24.9 Å². The summed E-state index contributed by atoms with van der Waals surface area (Å²) >= 11 is 0. The number of halogens is 4. The molecule has 0 radical (unpaired) electrons. The molecule has 7 rings (SSSR count).